The van der Waals surface area contributed by atoms with Gasteiger partial charge < -0.3 is 10.0 Å². The van der Waals surface area contributed by atoms with Gasteiger partial charge in [-0.2, -0.15) is 0 Å². The molecule has 1 saturated carbocycles. The Bertz CT molecular complexity index is 363. The predicted molar refractivity (Wildman–Crippen MR) is 63.4 cm³/mol. The molecule has 1 aromatic heterocycles. The first-order valence-corrected chi connectivity index (χ1v) is 6.52. The highest BCUT2D eigenvalue weighted by Crippen LogP contribution is 2.30. The van der Waals surface area contributed by atoms with Crippen LogP contribution in [0.5, 0.6) is 0 Å². The summed E-state index contributed by atoms with van der Waals surface area (Å²) in [6.07, 6.45) is 8.45. The molecule has 5 heteroatoms. The maximum Gasteiger partial charge on any atom is 0.0981 e. The van der Waals surface area contributed by atoms with Gasteiger partial charge in [0.25, 0.3) is 0 Å². The van der Waals surface area contributed by atoms with Gasteiger partial charge in [0.05, 0.1) is 18.3 Å². The van der Waals surface area contributed by atoms with Crippen LogP contribution in [0.15, 0.2) is 12.4 Å². The highest BCUT2D eigenvalue weighted by atomic mass is 16.3. The third-order valence-electron chi connectivity index (χ3n) is 4.08. The lowest BCUT2D eigenvalue weighted by Crippen LogP contribution is -2.39. The maximum absolute atomic E-state index is 10.5. The number of β-amino-alcohol motifs (C(OH)–C–C–N with tert-alkyl or cyclic N) is 1. The molecule has 17 heavy (non-hydrogen) atoms. The highest BCUT2D eigenvalue weighted by molar-refractivity contribution is 4.91. The van der Waals surface area contributed by atoms with Gasteiger partial charge in [-0.15, -0.1) is 5.10 Å². The van der Waals surface area contributed by atoms with Crippen molar-refractivity contribution in [2.45, 2.75) is 37.8 Å². The fourth-order valence-corrected chi connectivity index (χ4v) is 2.88. The molecule has 0 amide bonds. The zero-order valence-electron chi connectivity index (χ0n) is 10.1. The van der Waals surface area contributed by atoms with E-state index in [1.807, 2.05) is 6.20 Å². The zero-order valence-corrected chi connectivity index (χ0v) is 10.1. The van der Waals surface area contributed by atoms with Crippen LogP contribution in [0.2, 0.25) is 0 Å². The molecule has 1 aliphatic heterocycles. The molecule has 1 aromatic rings. The third-order valence-corrected chi connectivity index (χ3v) is 4.08. The maximum atomic E-state index is 10.5. The van der Waals surface area contributed by atoms with Crippen LogP contribution in [-0.4, -0.2) is 50.2 Å². The number of rotatable bonds is 4. The summed E-state index contributed by atoms with van der Waals surface area (Å²) in [5.41, 5.74) is -0.614. The topological polar surface area (TPSA) is 54.2 Å². The van der Waals surface area contributed by atoms with Crippen LogP contribution in [0.3, 0.4) is 0 Å². The monoisotopic (exact) mass is 236 g/mol. The molecule has 0 bridgehead atoms. The standard InChI is InChI=1S/C12H20N4O/c17-12(10-16-7-5-13-14-16)4-6-15(9-12)8-11-2-1-3-11/h5,7,11,17H,1-4,6,8-10H2. The first-order chi connectivity index (χ1) is 8.23. The summed E-state index contributed by atoms with van der Waals surface area (Å²) in [6, 6.07) is 0. The van der Waals surface area contributed by atoms with Gasteiger partial charge in [0, 0.05) is 25.8 Å². The minimum atomic E-state index is -0.614. The molecule has 1 atom stereocenters. The second-order valence-electron chi connectivity index (χ2n) is 5.61. The fourth-order valence-electron chi connectivity index (χ4n) is 2.88. The van der Waals surface area contributed by atoms with Crippen molar-refractivity contribution in [1.82, 2.24) is 19.9 Å². The van der Waals surface area contributed by atoms with Crippen LogP contribution in [0.1, 0.15) is 25.7 Å². The summed E-state index contributed by atoms with van der Waals surface area (Å²) in [5, 5.41) is 18.2. The normalized spacial score (nSPS) is 30.6. The number of aromatic nitrogens is 3. The van der Waals surface area contributed by atoms with Gasteiger partial charge in [-0.05, 0) is 25.2 Å². The smallest absolute Gasteiger partial charge is 0.0981 e. The molecule has 1 unspecified atom stereocenters. The van der Waals surface area contributed by atoms with E-state index in [9.17, 15) is 5.11 Å². The van der Waals surface area contributed by atoms with Gasteiger partial charge in [0.2, 0.25) is 0 Å². The first-order valence-electron chi connectivity index (χ1n) is 6.52. The van der Waals surface area contributed by atoms with Crippen LogP contribution in [0.4, 0.5) is 0 Å². The van der Waals surface area contributed by atoms with E-state index in [4.69, 9.17) is 0 Å². The van der Waals surface area contributed by atoms with Gasteiger partial charge in [-0.25, -0.2) is 4.68 Å². The molecule has 2 aliphatic rings. The molecular formula is C12H20N4O. The van der Waals surface area contributed by atoms with Gasteiger partial charge in [-0.3, -0.25) is 0 Å². The first kappa shape index (κ1) is 11.2. The van der Waals surface area contributed by atoms with Crippen molar-refractivity contribution in [3.8, 4) is 0 Å². The van der Waals surface area contributed by atoms with Crippen LogP contribution >= 0.6 is 0 Å². The Morgan fingerprint density at radius 1 is 1.41 bits per heavy atom. The number of aliphatic hydroxyl groups is 1. The Labute approximate surface area is 101 Å². The zero-order chi connectivity index (χ0) is 11.7. The van der Waals surface area contributed by atoms with Crippen molar-refractivity contribution < 1.29 is 5.11 Å². The summed E-state index contributed by atoms with van der Waals surface area (Å²) >= 11 is 0. The molecule has 0 radical (unpaired) electrons. The van der Waals surface area contributed by atoms with Crippen LogP contribution in [0.25, 0.3) is 0 Å². The van der Waals surface area contributed by atoms with E-state index in [-0.39, 0.29) is 0 Å². The Morgan fingerprint density at radius 3 is 2.94 bits per heavy atom. The van der Waals surface area contributed by atoms with E-state index in [2.05, 4.69) is 15.2 Å². The summed E-state index contributed by atoms with van der Waals surface area (Å²) in [6.45, 7) is 3.53. The number of hydrogen-bond donors (Lipinski definition) is 1. The van der Waals surface area contributed by atoms with Crippen molar-refractivity contribution in [3.05, 3.63) is 12.4 Å². The Hall–Kier alpha value is -0.940. The molecule has 0 spiro atoms. The Balaban J connectivity index is 1.54. The van der Waals surface area contributed by atoms with Gasteiger partial charge in [0.1, 0.15) is 0 Å². The molecule has 0 aromatic carbocycles. The lowest BCUT2D eigenvalue weighted by molar-refractivity contribution is 0.0253. The molecule has 3 rings (SSSR count). The Morgan fingerprint density at radius 2 is 2.29 bits per heavy atom. The number of nitrogens with zero attached hydrogens (tertiary/aromatic N) is 4. The minimum Gasteiger partial charge on any atom is -0.387 e. The molecule has 1 N–H and O–H groups in total. The van der Waals surface area contributed by atoms with Crippen LogP contribution < -0.4 is 0 Å². The number of likely N-dealkylation sites (tertiary alicyclic amines) is 1. The van der Waals surface area contributed by atoms with E-state index in [1.54, 1.807) is 10.9 Å². The molecule has 94 valence electrons. The Kier molecular flexibility index (Phi) is 2.88. The van der Waals surface area contributed by atoms with Gasteiger partial charge >= 0.3 is 0 Å². The van der Waals surface area contributed by atoms with Crippen molar-refractivity contribution in [3.63, 3.8) is 0 Å². The van der Waals surface area contributed by atoms with Crippen molar-refractivity contribution in [2.24, 2.45) is 5.92 Å². The average Bonchev–Trinajstić information content (AvgIpc) is 2.83. The van der Waals surface area contributed by atoms with E-state index < -0.39 is 5.60 Å². The van der Waals surface area contributed by atoms with Gasteiger partial charge in [-0.1, -0.05) is 11.6 Å². The lowest BCUT2D eigenvalue weighted by Gasteiger charge is -2.30. The highest BCUT2D eigenvalue weighted by Gasteiger charge is 2.37. The fraction of sp³-hybridized carbons (Fsp3) is 0.833. The lowest BCUT2D eigenvalue weighted by atomic mass is 9.85. The quantitative estimate of drug-likeness (QED) is 0.828. The second-order valence-corrected chi connectivity index (χ2v) is 5.61. The van der Waals surface area contributed by atoms with Crippen LogP contribution in [0, 0.1) is 5.92 Å². The van der Waals surface area contributed by atoms with E-state index in [1.165, 1.54) is 25.8 Å². The molecule has 2 fully saturated rings. The predicted octanol–water partition coefficient (Wildman–Crippen LogP) is 0.515. The second kappa shape index (κ2) is 4.38. The minimum absolute atomic E-state index is 0.564. The third kappa shape index (κ3) is 2.50. The summed E-state index contributed by atoms with van der Waals surface area (Å²) in [4.78, 5) is 2.40. The summed E-state index contributed by atoms with van der Waals surface area (Å²) in [5.74, 6) is 0.878. The van der Waals surface area contributed by atoms with E-state index in [0.717, 1.165) is 25.4 Å². The van der Waals surface area contributed by atoms with Crippen molar-refractivity contribution >= 4 is 0 Å². The SMILES string of the molecule is OC1(Cn2ccnn2)CCN(CC2CCC2)C1. The molecule has 2 heterocycles. The average molecular weight is 236 g/mol. The largest absolute Gasteiger partial charge is 0.387 e. The van der Waals surface area contributed by atoms with Crippen molar-refractivity contribution in [1.29, 1.82) is 0 Å². The van der Waals surface area contributed by atoms with Gasteiger partial charge in [0.15, 0.2) is 0 Å². The molecule has 1 saturated heterocycles. The molecule has 5 nitrogen and oxygen atoms in total. The summed E-state index contributed by atoms with van der Waals surface area (Å²) < 4.78 is 1.73. The summed E-state index contributed by atoms with van der Waals surface area (Å²) in [7, 11) is 0. The molecular weight excluding hydrogens is 216 g/mol. The van der Waals surface area contributed by atoms with E-state index >= 15 is 0 Å². The molecule has 1 aliphatic carbocycles. The van der Waals surface area contributed by atoms with Crippen molar-refractivity contribution in [2.75, 3.05) is 19.6 Å². The number of hydrogen-bond acceptors (Lipinski definition) is 4. The van der Waals surface area contributed by atoms with Crippen LogP contribution in [-0.2, 0) is 6.54 Å². The van der Waals surface area contributed by atoms with E-state index in [0.29, 0.717) is 6.54 Å².